The van der Waals surface area contributed by atoms with Crippen LogP contribution in [0.2, 0.25) is 0 Å². The van der Waals surface area contributed by atoms with Gasteiger partial charge >= 0.3 is 0 Å². The SMILES string of the molecule is Cc1ccc(C2=C(N3CCCc4ccccc43)C(=O)N(C3CCCCCC3)C2=O)cc1C. The summed E-state index contributed by atoms with van der Waals surface area (Å²) < 4.78 is 0. The lowest BCUT2D eigenvalue weighted by molar-refractivity contribution is -0.139. The van der Waals surface area contributed by atoms with Crippen molar-refractivity contribution in [3.63, 3.8) is 0 Å². The van der Waals surface area contributed by atoms with Crippen LogP contribution in [0.1, 0.15) is 67.2 Å². The number of imide groups is 1. The van der Waals surface area contributed by atoms with Crippen LogP contribution in [0.4, 0.5) is 5.69 Å². The number of carbonyl (C=O) groups is 2. The molecule has 2 amide bonds. The van der Waals surface area contributed by atoms with Gasteiger partial charge < -0.3 is 4.90 Å². The summed E-state index contributed by atoms with van der Waals surface area (Å²) in [5.74, 6) is -0.213. The molecule has 2 heterocycles. The zero-order valence-corrected chi connectivity index (χ0v) is 19.2. The number of nitrogens with zero attached hydrogens (tertiary/aromatic N) is 2. The summed E-state index contributed by atoms with van der Waals surface area (Å²) in [4.78, 5) is 31.6. The molecule has 0 atom stereocenters. The molecule has 0 radical (unpaired) electrons. The van der Waals surface area contributed by atoms with Gasteiger partial charge in [-0.25, -0.2) is 0 Å². The number of fused-ring (bicyclic) bond motifs is 1. The monoisotopic (exact) mass is 428 g/mol. The van der Waals surface area contributed by atoms with Crippen LogP contribution in [0.5, 0.6) is 0 Å². The summed E-state index contributed by atoms with van der Waals surface area (Å²) in [5.41, 5.74) is 6.67. The van der Waals surface area contributed by atoms with Crippen LogP contribution in [0.3, 0.4) is 0 Å². The van der Waals surface area contributed by atoms with E-state index < -0.39 is 0 Å². The molecule has 0 bridgehead atoms. The second kappa shape index (κ2) is 8.57. The Balaban J connectivity index is 1.65. The number of amides is 2. The average molecular weight is 429 g/mol. The molecule has 1 aliphatic carbocycles. The number of carbonyl (C=O) groups excluding carboxylic acids is 2. The molecule has 2 aliphatic heterocycles. The molecule has 2 aromatic rings. The van der Waals surface area contributed by atoms with E-state index in [4.69, 9.17) is 0 Å². The molecule has 0 saturated heterocycles. The second-order valence-corrected chi connectivity index (χ2v) is 9.53. The van der Waals surface area contributed by atoms with E-state index in [0.717, 1.165) is 61.9 Å². The van der Waals surface area contributed by atoms with Crippen molar-refractivity contribution in [1.82, 2.24) is 4.90 Å². The van der Waals surface area contributed by atoms with Crippen molar-refractivity contribution >= 4 is 23.1 Å². The van der Waals surface area contributed by atoms with Crippen molar-refractivity contribution in [2.24, 2.45) is 0 Å². The van der Waals surface area contributed by atoms with Crippen molar-refractivity contribution < 1.29 is 9.59 Å². The predicted molar refractivity (Wildman–Crippen MR) is 128 cm³/mol. The quantitative estimate of drug-likeness (QED) is 0.475. The lowest BCUT2D eigenvalue weighted by Gasteiger charge is -2.33. The smallest absolute Gasteiger partial charge is 0.278 e. The Labute approximate surface area is 190 Å². The first-order chi connectivity index (χ1) is 15.6. The number of hydrogen-bond donors (Lipinski definition) is 0. The maximum absolute atomic E-state index is 14.0. The molecule has 4 nitrogen and oxygen atoms in total. The highest BCUT2D eigenvalue weighted by Crippen LogP contribution is 2.40. The van der Waals surface area contributed by atoms with Crippen molar-refractivity contribution in [2.45, 2.75) is 71.3 Å². The third-order valence-electron chi connectivity index (χ3n) is 7.46. The van der Waals surface area contributed by atoms with Gasteiger partial charge in [-0.15, -0.1) is 0 Å². The van der Waals surface area contributed by atoms with Crippen molar-refractivity contribution in [3.05, 3.63) is 70.4 Å². The zero-order valence-electron chi connectivity index (χ0n) is 19.2. The summed E-state index contributed by atoms with van der Waals surface area (Å²) in [6.45, 7) is 4.91. The number of benzene rings is 2. The first kappa shape index (κ1) is 21.0. The van der Waals surface area contributed by atoms with Gasteiger partial charge in [0.1, 0.15) is 5.70 Å². The largest absolute Gasteiger partial charge is 0.336 e. The molecule has 0 aromatic heterocycles. The summed E-state index contributed by atoms with van der Waals surface area (Å²) in [6.07, 6.45) is 8.38. The van der Waals surface area contributed by atoms with Gasteiger partial charge in [0, 0.05) is 18.3 Å². The first-order valence-electron chi connectivity index (χ1n) is 12.1. The number of aryl methyl sites for hydroxylation is 3. The van der Waals surface area contributed by atoms with Gasteiger partial charge in [0.25, 0.3) is 11.8 Å². The summed E-state index contributed by atoms with van der Waals surface area (Å²) in [6, 6.07) is 14.5. The van der Waals surface area contributed by atoms with E-state index in [1.807, 2.05) is 12.1 Å². The highest BCUT2D eigenvalue weighted by molar-refractivity contribution is 6.37. The number of rotatable bonds is 3. The zero-order chi connectivity index (χ0) is 22.2. The maximum atomic E-state index is 14.0. The summed E-state index contributed by atoms with van der Waals surface area (Å²) >= 11 is 0. The Morgan fingerprint density at radius 1 is 0.812 bits per heavy atom. The van der Waals surface area contributed by atoms with Gasteiger partial charge in [0.15, 0.2) is 0 Å². The lowest BCUT2D eigenvalue weighted by atomic mass is 9.97. The molecule has 2 aromatic carbocycles. The van der Waals surface area contributed by atoms with E-state index in [2.05, 4.69) is 49.1 Å². The maximum Gasteiger partial charge on any atom is 0.278 e. The lowest BCUT2D eigenvalue weighted by Crippen LogP contribution is -2.43. The molecule has 1 saturated carbocycles. The van der Waals surface area contributed by atoms with Gasteiger partial charge in [-0.2, -0.15) is 0 Å². The Kier molecular flexibility index (Phi) is 5.62. The molecule has 0 N–H and O–H groups in total. The number of hydrogen-bond acceptors (Lipinski definition) is 3. The molecule has 5 rings (SSSR count). The first-order valence-corrected chi connectivity index (χ1v) is 12.1. The van der Waals surface area contributed by atoms with E-state index >= 15 is 0 Å². The van der Waals surface area contributed by atoms with Gasteiger partial charge in [-0.3, -0.25) is 14.5 Å². The highest BCUT2D eigenvalue weighted by Gasteiger charge is 2.45. The predicted octanol–water partition coefficient (Wildman–Crippen LogP) is 5.56. The second-order valence-electron chi connectivity index (χ2n) is 9.53. The normalized spacial score (nSPS) is 20.1. The minimum Gasteiger partial charge on any atom is -0.336 e. The van der Waals surface area contributed by atoms with Gasteiger partial charge in [-0.05, 0) is 67.9 Å². The third kappa shape index (κ3) is 3.56. The molecule has 4 heteroatoms. The Morgan fingerprint density at radius 3 is 2.31 bits per heavy atom. The molecule has 166 valence electrons. The molecule has 0 spiro atoms. The van der Waals surface area contributed by atoms with Crippen LogP contribution in [0.25, 0.3) is 5.57 Å². The topological polar surface area (TPSA) is 40.6 Å². The fourth-order valence-electron chi connectivity index (χ4n) is 5.56. The van der Waals surface area contributed by atoms with Crippen molar-refractivity contribution in [3.8, 4) is 0 Å². The molecule has 1 fully saturated rings. The van der Waals surface area contributed by atoms with Crippen LogP contribution < -0.4 is 4.90 Å². The number of anilines is 1. The highest BCUT2D eigenvalue weighted by atomic mass is 16.2. The van der Waals surface area contributed by atoms with Gasteiger partial charge in [-0.1, -0.05) is 62.1 Å². The van der Waals surface area contributed by atoms with Gasteiger partial charge in [0.05, 0.1) is 5.57 Å². The average Bonchev–Trinajstić information content (AvgIpc) is 2.95. The van der Waals surface area contributed by atoms with E-state index in [1.54, 1.807) is 4.90 Å². The van der Waals surface area contributed by atoms with Crippen LogP contribution >= 0.6 is 0 Å². The molecule has 32 heavy (non-hydrogen) atoms. The van der Waals surface area contributed by atoms with Crippen LogP contribution in [0.15, 0.2) is 48.2 Å². The van der Waals surface area contributed by atoms with Crippen LogP contribution in [-0.4, -0.2) is 29.3 Å². The van der Waals surface area contributed by atoms with E-state index in [9.17, 15) is 9.59 Å². The van der Waals surface area contributed by atoms with Crippen LogP contribution in [-0.2, 0) is 16.0 Å². The Hall–Kier alpha value is -2.88. The van der Waals surface area contributed by atoms with E-state index in [0.29, 0.717) is 11.3 Å². The minimum atomic E-state index is -0.108. The van der Waals surface area contributed by atoms with E-state index in [1.165, 1.54) is 24.0 Å². The van der Waals surface area contributed by atoms with Gasteiger partial charge in [0.2, 0.25) is 0 Å². The third-order valence-corrected chi connectivity index (χ3v) is 7.46. The van der Waals surface area contributed by atoms with Crippen molar-refractivity contribution in [1.29, 1.82) is 0 Å². The number of para-hydroxylation sites is 1. The van der Waals surface area contributed by atoms with Crippen molar-refractivity contribution in [2.75, 3.05) is 11.4 Å². The standard InChI is InChI=1S/C28H32N2O2/c1-19-15-16-22(18-20(19)2)25-26(29-17-9-11-21-10-7-8-14-24(21)29)28(32)30(27(25)31)23-12-5-3-4-6-13-23/h7-8,10,14-16,18,23H,3-6,9,11-13,17H2,1-2H3. The fourth-order valence-corrected chi connectivity index (χ4v) is 5.56. The fraction of sp³-hybridized carbons (Fsp3) is 0.429. The molecular weight excluding hydrogens is 396 g/mol. The molecule has 0 unspecified atom stereocenters. The van der Waals surface area contributed by atoms with E-state index in [-0.39, 0.29) is 17.9 Å². The van der Waals surface area contributed by atoms with Crippen LogP contribution in [0, 0.1) is 13.8 Å². The minimum absolute atomic E-state index is 0.0107. The summed E-state index contributed by atoms with van der Waals surface area (Å²) in [7, 11) is 0. The Morgan fingerprint density at radius 2 is 1.56 bits per heavy atom. The summed E-state index contributed by atoms with van der Waals surface area (Å²) in [5, 5.41) is 0. The molecular formula is C28H32N2O2. The molecule has 3 aliphatic rings. The Bertz CT molecular complexity index is 1090.